The first kappa shape index (κ1) is 23.8. The Morgan fingerprint density at radius 1 is 0.708 bits per heavy atom. The van der Waals surface area contributed by atoms with Crippen molar-refractivity contribution in [2.24, 2.45) is 0 Å². The topological polar surface area (TPSA) is 101 Å². The molecule has 0 spiro atoms. The standard InChI is InChI=1S/C18H40NO5/c1-4-5-6-7-8-9-10-11-12-19(2,3)13-15(21)17(23)18(24)16(22)14-20/h15-18,20-24H,4-14H2,1-3H3/q+1/t15-,16+,17-,18+/m0/s1. The van der Waals surface area contributed by atoms with Gasteiger partial charge in [0.05, 0.1) is 27.2 Å². The highest BCUT2D eigenvalue weighted by Crippen LogP contribution is 2.13. The summed E-state index contributed by atoms with van der Waals surface area (Å²) in [7, 11) is 3.96. The van der Waals surface area contributed by atoms with Crippen LogP contribution in [-0.2, 0) is 0 Å². The van der Waals surface area contributed by atoms with E-state index in [9.17, 15) is 20.4 Å². The lowest BCUT2D eigenvalue weighted by atomic mass is 10.0. The largest absolute Gasteiger partial charge is 0.394 e. The van der Waals surface area contributed by atoms with Crippen molar-refractivity contribution in [1.29, 1.82) is 0 Å². The lowest BCUT2D eigenvalue weighted by Gasteiger charge is -2.34. The maximum Gasteiger partial charge on any atom is 0.131 e. The molecule has 0 aliphatic heterocycles. The minimum atomic E-state index is -1.55. The van der Waals surface area contributed by atoms with Crippen LogP contribution in [0.4, 0.5) is 0 Å². The van der Waals surface area contributed by atoms with Crippen LogP contribution in [0.1, 0.15) is 58.3 Å². The van der Waals surface area contributed by atoms with Crippen LogP contribution in [0, 0.1) is 0 Å². The van der Waals surface area contributed by atoms with Crippen molar-refractivity contribution < 1.29 is 30.0 Å². The van der Waals surface area contributed by atoms with Gasteiger partial charge in [-0.1, -0.05) is 45.4 Å². The van der Waals surface area contributed by atoms with Crippen LogP contribution in [0.2, 0.25) is 0 Å². The van der Waals surface area contributed by atoms with E-state index in [1.165, 1.54) is 38.5 Å². The Hall–Kier alpha value is -0.240. The molecule has 146 valence electrons. The smallest absolute Gasteiger partial charge is 0.131 e. The maximum absolute atomic E-state index is 10.1. The van der Waals surface area contributed by atoms with Gasteiger partial charge in [0.1, 0.15) is 31.0 Å². The summed E-state index contributed by atoms with van der Waals surface area (Å²) in [6.45, 7) is 2.74. The second-order valence-electron chi connectivity index (χ2n) is 7.62. The number of aliphatic hydroxyl groups is 5. The lowest BCUT2D eigenvalue weighted by molar-refractivity contribution is -0.894. The predicted octanol–water partition coefficient (Wildman–Crippen LogP) is 0.639. The van der Waals surface area contributed by atoms with Crippen molar-refractivity contribution in [3.8, 4) is 0 Å². The van der Waals surface area contributed by atoms with Gasteiger partial charge in [0.15, 0.2) is 0 Å². The fraction of sp³-hybridized carbons (Fsp3) is 1.00. The molecular weight excluding hydrogens is 310 g/mol. The molecule has 0 aliphatic rings. The van der Waals surface area contributed by atoms with Crippen molar-refractivity contribution >= 4 is 0 Å². The SMILES string of the molecule is CCCCCCCCCC[N+](C)(C)C[C@H](O)[C@H](O)[C@H](O)[C@H](O)CO. The Bertz CT molecular complexity index is 301. The molecule has 0 aromatic heterocycles. The summed E-state index contributed by atoms with van der Waals surface area (Å²) < 4.78 is 0.538. The molecule has 0 heterocycles. The van der Waals surface area contributed by atoms with Crippen LogP contribution in [-0.4, -0.2) is 88.2 Å². The molecular formula is C18H40NO5+. The van der Waals surface area contributed by atoms with Gasteiger partial charge in [-0.25, -0.2) is 0 Å². The van der Waals surface area contributed by atoms with Gasteiger partial charge in [0.25, 0.3) is 0 Å². The summed E-state index contributed by atoms with van der Waals surface area (Å²) in [5.74, 6) is 0. The van der Waals surface area contributed by atoms with Crippen LogP contribution in [0.15, 0.2) is 0 Å². The fourth-order valence-electron chi connectivity index (χ4n) is 2.94. The Kier molecular flexibility index (Phi) is 12.9. The molecule has 0 saturated heterocycles. The number of quaternary nitrogens is 1. The Morgan fingerprint density at radius 2 is 1.17 bits per heavy atom. The Morgan fingerprint density at radius 3 is 1.67 bits per heavy atom. The first-order valence-corrected chi connectivity index (χ1v) is 9.40. The third-order valence-electron chi connectivity index (χ3n) is 4.62. The number of hydrogen-bond acceptors (Lipinski definition) is 5. The van der Waals surface area contributed by atoms with Gasteiger partial charge in [0.2, 0.25) is 0 Å². The Balaban J connectivity index is 3.98. The lowest BCUT2D eigenvalue weighted by Crippen LogP contribution is -2.54. The fourth-order valence-corrected chi connectivity index (χ4v) is 2.94. The van der Waals surface area contributed by atoms with Crippen molar-refractivity contribution in [2.75, 3.05) is 33.8 Å². The first-order chi connectivity index (χ1) is 11.2. The van der Waals surface area contributed by atoms with E-state index >= 15 is 0 Å². The number of rotatable bonds is 15. The zero-order valence-corrected chi connectivity index (χ0v) is 15.8. The Labute approximate surface area is 147 Å². The van der Waals surface area contributed by atoms with Gasteiger partial charge in [-0.2, -0.15) is 0 Å². The van der Waals surface area contributed by atoms with Gasteiger partial charge in [-0.05, 0) is 12.8 Å². The molecule has 0 unspecified atom stereocenters. The van der Waals surface area contributed by atoms with Crippen LogP contribution in [0.5, 0.6) is 0 Å². The molecule has 0 aliphatic carbocycles. The van der Waals surface area contributed by atoms with Gasteiger partial charge >= 0.3 is 0 Å². The third kappa shape index (κ3) is 10.6. The summed E-state index contributed by atoms with van der Waals surface area (Å²) in [4.78, 5) is 0. The molecule has 24 heavy (non-hydrogen) atoms. The number of hydrogen-bond donors (Lipinski definition) is 5. The van der Waals surface area contributed by atoms with Crippen molar-refractivity contribution in [2.45, 2.75) is 82.7 Å². The van der Waals surface area contributed by atoms with E-state index in [1.807, 2.05) is 14.1 Å². The first-order valence-electron chi connectivity index (χ1n) is 9.40. The summed E-state index contributed by atoms with van der Waals surface area (Å²) >= 11 is 0. The highest BCUT2D eigenvalue weighted by molar-refractivity contribution is 4.80. The zero-order chi connectivity index (χ0) is 18.6. The van der Waals surface area contributed by atoms with Crippen molar-refractivity contribution in [3.05, 3.63) is 0 Å². The molecule has 5 N–H and O–H groups in total. The molecule has 0 aromatic rings. The van der Waals surface area contributed by atoms with Crippen molar-refractivity contribution in [1.82, 2.24) is 0 Å². The van der Waals surface area contributed by atoms with E-state index < -0.39 is 31.0 Å². The second kappa shape index (κ2) is 13.0. The average Bonchev–Trinajstić information content (AvgIpc) is 2.54. The summed E-state index contributed by atoms with van der Waals surface area (Å²) in [5.41, 5.74) is 0. The van der Waals surface area contributed by atoms with E-state index in [2.05, 4.69) is 6.92 Å². The van der Waals surface area contributed by atoms with Gasteiger partial charge in [-0.3, -0.25) is 0 Å². The van der Waals surface area contributed by atoms with E-state index in [1.54, 1.807) is 0 Å². The zero-order valence-electron chi connectivity index (χ0n) is 15.8. The molecule has 6 heteroatoms. The molecule has 0 bridgehead atoms. The average molecular weight is 351 g/mol. The monoisotopic (exact) mass is 350 g/mol. The number of nitrogens with zero attached hydrogens (tertiary/aromatic N) is 1. The van der Waals surface area contributed by atoms with Gasteiger partial charge in [0, 0.05) is 0 Å². The van der Waals surface area contributed by atoms with Gasteiger partial charge < -0.3 is 30.0 Å². The summed E-state index contributed by atoms with van der Waals surface area (Å²) in [5, 5.41) is 47.8. The van der Waals surface area contributed by atoms with Crippen LogP contribution < -0.4 is 0 Å². The van der Waals surface area contributed by atoms with Crippen LogP contribution in [0.3, 0.4) is 0 Å². The van der Waals surface area contributed by atoms with E-state index in [0.717, 1.165) is 19.4 Å². The predicted molar refractivity (Wildman–Crippen MR) is 95.6 cm³/mol. The maximum atomic E-state index is 10.1. The summed E-state index contributed by atoms with van der Waals surface area (Å²) in [6, 6.07) is 0. The summed E-state index contributed by atoms with van der Waals surface area (Å²) in [6.07, 6.45) is 4.34. The second-order valence-corrected chi connectivity index (χ2v) is 7.62. The molecule has 0 aromatic carbocycles. The van der Waals surface area contributed by atoms with Crippen LogP contribution >= 0.6 is 0 Å². The molecule has 0 saturated carbocycles. The highest BCUT2D eigenvalue weighted by Gasteiger charge is 2.33. The van der Waals surface area contributed by atoms with Crippen LogP contribution in [0.25, 0.3) is 0 Å². The number of unbranched alkanes of at least 4 members (excludes halogenated alkanes) is 7. The molecule has 4 atom stereocenters. The van der Waals surface area contributed by atoms with E-state index in [4.69, 9.17) is 5.11 Å². The third-order valence-corrected chi connectivity index (χ3v) is 4.62. The van der Waals surface area contributed by atoms with Crippen molar-refractivity contribution in [3.63, 3.8) is 0 Å². The highest BCUT2D eigenvalue weighted by atomic mass is 16.4. The number of likely N-dealkylation sites (N-methyl/N-ethyl adjacent to an activating group) is 1. The minimum Gasteiger partial charge on any atom is -0.394 e. The minimum absolute atomic E-state index is 0.285. The van der Waals surface area contributed by atoms with E-state index in [0.29, 0.717) is 4.48 Å². The molecule has 0 amide bonds. The number of aliphatic hydroxyl groups excluding tert-OH is 5. The van der Waals surface area contributed by atoms with Gasteiger partial charge in [-0.15, -0.1) is 0 Å². The molecule has 6 nitrogen and oxygen atoms in total. The molecule has 0 radical (unpaired) electrons. The quantitative estimate of drug-likeness (QED) is 0.220. The van der Waals surface area contributed by atoms with E-state index in [-0.39, 0.29) is 6.54 Å². The normalized spacial score (nSPS) is 17.5. The molecule has 0 fully saturated rings. The molecule has 0 rings (SSSR count).